The number of nitriles is 1. The average molecular weight is 292 g/mol. The summed E-state index contributed by atoms with van der Waals surface area (Å²) in [5.41, 5.74) is 2.70. The Kier molecular flexibility index (Phi) is 4.91. The van der Waals surface area contributed by atoms with Crippen LogP contribution in [0.2, 0.25) is 5.02 Å². The van der Waals surface area contributed by atoms with Gasteiger partial charge in [0.15, 0.2) is 0 Å². The van der Waals surface area contributed by atoms with E-state index in [-0.39, 0.29) is 0 Å². The summed E-state index contributed by atoms with van der Waals surface area (Å²) in [5, 5.41) is 13.0. The first-order chi connectivity index (χ1) is 9.58. The van der Waals surface area contributed by atoms with Gasteiger partial charge in [0.2, 0.25) is 0 Å². The van der Waals surface area contributed by atoms with E-state index in [1.165, 1.54) is 25.7 Å². The van der Waals surface area contributed by atoms with E-state index in [1.807, 2.05) is 26.1 Å². The van der Waals surface area contributed by atoms with Crippen molar-refractivity contribution in [3.8, 4) is 6.07 Å². The molecule has 0 bridgehead atoms. The molecule has 0 radical (unpaired) electrons. The molecule has 0 amide bonds. The lowest BCUT2D eigenvalue weighted by Crippen LogP contribution is -2.40. The Balaban J connectivity index is 2.16. The molecule has 2 rings (SSSR count). The standard InChI is InChI=1S/C16H22ClN3/c1-11-15(9-4-12(10-18)16(11)17)20(3)14-7-5-13(19-2)6-8-14/h4,9,13-14,19H,5-8H2,1-3H3. The van der Waals surface area contributed by atoms with Crippen molar-refractivity contribution in [2.45, 2.75) is 44.7 Å². The minimum absolute atomic E-state index is 0.556. The summed E-state index contributed by atoms with van der Waals surface area (Å²) in [4.78, 5) is 2.33. The third kappa shape index (κ3) is 2.92. The molecule has 1 aromatic rings. The van der Waals surface area contributed by atoms with E-state index in [4.69, 9.17) is 16.9 Å². The van der Waals surface area contributed by atoms with Gasteiger partial charge in [0.25, 0.3) is 0 Å². The van der Waals surface area contributed by atoms with Gasteiger partial charge in [0.05, 0.1) is 10.6 Å². The molecule has 20 heavy (non-hydrogen) atoms. The van der Waals surface area contributed by atoms with E-state index in [0.717, 1.165) is 11.3 Å². The van der Waals surface area contributed by atoms with Crippen LogP contribution in [0.3, 0.4) is 0 Å². The zero-order valence-corrected chi connectivity index (χ0v) is 13.2. The highest BCUT2D eigenvalue weighted by Gasteiger charge is 2.24. The fourth-order valence-electron chi connectivity index (χ4n) is 3.09. The first-order valence-electron chi connectivity index (χ1n) is 7.17. The van der Waals surface area contributed by atoms with Crippen LogP contribution in [0.25, 0.3) is 0 Å². The maximum Gasteiger partial charge on any atom is 0.101 e. The van der Waals surface area contributed by atoms with Crippen LogP contribution in [-0.4, -0.2) is 26.2 Å². The minimum atomic E-state index is 0.556. The van der Waals surface area contributed by atoms with Gasteiger partial charge >= 0.3 is 0 Å². The van der Waals surface area contributed by atoms with Crippen molar-refractivity contribution in [2.75, 3.05) is 19.0 Å². The SMILES string of the molecule is CNC1CCC(N(C)c2ccc(C#N)c(Cl)c2C)CC1. The van der Waals surface area contributed by atoms with Crippen LogP contribution in [0.5, 0.6) is 0 Å². The van der Waals surface area contributed by atoms with Gasteiger partial charge in [0, 0.05) is 24.8 Å². The zero-order chi connectivity index (χ0) is 14.7. The van der Waals surface area contributed by atoms with Gasteiger partial charge in [-0.3, -0.25) is 0 Å². The lowest BCUT2D eigenvalue weighted by atomic mass is 9.90. The molecule has 1 fully saturated rings. The Bertz CT molecular complexity index is 513. The predicted octanol–water partition coefficient (Wildman–Crippen LogP) is 3.49. The van der Waals surface area contributed by atoms with Crippen molar-refractivity contribution in [3.63, 3.8) is 0 Å². The lowest BCUT2D eigenvalue weighted by Gasteiger charge is -2.36. The van der Waals surface area contributed by atoms with E-state index in [2.05, 4.69) is 23.3 Å². The molecule has 0 heterocycles. The molecular formula is C16H22ClN3. The second-order valence-corrected chi connectivity index (χ2v) is 5.97. The van der Waals surface area contributed by atoms with Gasteiger partial charge in [-0.05, 0) is 57.4 Å². The summed E-state index contributed by atoms with van der Waals surface area (Å²) in [6, 6.07) is 7.19. The monoisotopic (exact) mass is 291 g/mol. The molecule has 0 atom stereocenters. The topological polar surface area (TPSA) is 39.1 Å². The molecule has 1 aromatic carbocycles. The number of rotatable bonds is 3. The van der Waals surface area contributed by atoms with E-state index in [1.54, 1.807) is 0 Å². The first-order valence-corrected chi connectivity index (χ1v) is 7.55. The second kappa shape index (κ2) is 6.47. The Labute approximate surface area is 126 Å². The van der Waals surface area contributed by atoms with Crippen molar-refractivity contribution < 1.29 is 0 Å². The Morgan fingerprint density at radius 2 is 1.95 bits per heavy atom. The normalized spacial score (nSPS) is 22.4. The summed E-state index contributed by atoms with van der Waals surface area (Å²) < 4.78 is 0. The van der Waals surface area contributed by atoms with Crippen LogP contribution in [0, 0.1) is 18.3 Å². The van der Waals surface area contributed by atoms with Crippen LogP contribution < -0.4 is 10.2 Å². The van der Waals surface area contributed by atoms with Crippen molar-refractivity contribution in [1.82, 2.24) is 5.32 Å². The quantitative estimate of drug-likeness (QED) is 0.926. The van der Waals surface area contributed by atoms with E-state index in [9.17, 15) is 0 Å². The van der Waals surface area contributed by atoms with Crippen molar-refractivity contribution in [1.29, 1.82) is 5.26 Å². The smallest absolute Gasteiger partial charge is 0.101 e. The van der Waals surface area contributed by atoms with Gasteiger partial charge in [-0.15, -0.1) is 0 Å². The third-order valence-corrected chi connectivity index (χ3v) is 5.00. The number of hydrogen-bond donors (Lipinski definition) is 1. The highest BCUT2D eigenvalue weighted by atomic mass is 35.5. The molecule has 1 aliphatic carbocycles. The lowest BCUT2D eigenvalue weighted by molar-refractivity contribution is 0.351. The predicted molar refractivity (Wildman–Crippen MR) is 84.4 cm³/mol. The fraction of sp³-hybridized carbons (Fsp3) is 0.562. The van der Waals surface area contributed by atoms with Crippen molar-refractivity contribution >= 4 is 17.3 Å². The summed E-state index contributed by atoms with van der Waals surface area (Å²) in [5.74, 6) is 0. The summed E-state index contributed by atoms with van der Waals surface area (Å²) in [7, 11) is 4.17. The van der Waals surface area contributed by atoms with Crippen LogP contribution in [-0.2, 0) is 0 Å². The molecule has 4 heteroatoms. The zero-order valence-electron chi connectivity index (χ0n) is 12.4. The molecule has 1 N–H and O–H groups in total. The first kappa shape index (κ1) is 15.2. The van der Waals surface area contributed by atoms with Gasteiger partial charge in [-0.1, -0.05) is 11.6 Å². The fourth-order valence-corrected chi connectivity index (χ4v) is 3.29. The van der Waals surface area contributed by atoms with Gasteiger partial charge in [0.1, 0.15) is 6.07 Å². The van der Waals surface area contributed by atoms with E-state index in [0.29, 0.717) is 22.7 Å². The van der Waals surface area contributed by atoms with Gasteiger partial charge in [-0.2, -0.15) is 5.26 Å². The number of halogens is 1. The number of nitrogens with one attached hydrogen (secondary N) is 1. The molecule has 1 saturated carbocycles. The average Bonchev–Trinajstić information content (AvgIpc) is 2.49. The maximum atomic E-state index is 9.02. The molecule has 1 aliphatic rings. The van der Waals surface area contributed by atoms with Crippen LogP contribution in [0.4, 0.5) is 5.69 Å². The number of hydrogen-bond acceptors (Lipinski definition) is 3. The molecule has 0 saturated heterocycles. The molecular weight excluding hydrogens is 270 g/mol. The summed E-state index contributed by atoms with van der Waals surface area (Å²) >= 11 is 6.27. The van der Waals surface area contributed by atoms with Gasteiger partial charge < -0.3 is 10.2 Å². The Morgan fingerprint density at radius 3 is 2.50 bits per heavy atom. The third-order valence-electron chi connectivity index (χ3n) is 4.51. The molecule has 0 aliphatic heterocycles. The number of benzene rings is 1. The highest BCUT2D eigenvalue weighted by Crippen LogP contribution is 2.33. The Hall–Kier alpha value is -1.24. The summed E-state index contributed by atoms with van der Waals surface area (Å²) in [6.45, 7) is 1.99. The minimum Gasteiger partial charge on any atom is -0.371 e. The largest absolute Gasteiger partial charge is 0.371 e. The van der Waals surface area contributed by atoms with Gasteiger partial charge in [-0.25, -0.2) is 0 Å². The molecule has 0 unspecified atom stereocenters. The number of anilines is 1. The van der Waals surface area contributed by atoms with E-state index >= 15 is 0 Å². The second-order valence-electron chi connectivity index (χ2n) is 5.59. The molecule has 0 spiro atoms. The Morgan fingerprint density at radius 1 is 1.30 bits per heavy atom. The molecule has 108 valence electrons. The maximum absolute atomic E-state index is 9.02. The molecule has 3 nitrogen and oxygen atoms in total. The number of nitrogens with zero attached hydrogens (tertiary/aromatic N) is 2. The van der Waals surface area contributed by atoms with E-state index < -0.39 is 0 Å². The molecule has 0 aromatic heterocycles. The van der Waals surface area contributed by atoms with Crippen LogP contribution in [0.1, 0.15) is 36.8 Å². The van der Waals surface area contributed by atoms with Crippen LogP contribution in [0.15, 0.2) is 12.1 Å². The van der Waals surface area contributed by atoms with Crippen LogP contribution >= 0.6 is 11.6 Å². The van der Waals surface area contributed by atoms with Crippen molar-refractivity contribution in [3.05, 3.63) is 28.3 Å². The van der Waals surface area contributed by atoms with Crippen molar-refractivity contribution in [2.24, 2.45) is 0 Å². The highest BCUT2D eigenvalue weighted by molar-refractivity contribution is 6.32. The summed E-state index contributed by atoms with van der Waals surface area (Å²) in [6.07, 6.45) is 4.82.